The molecule has 0 aliphatic carbocycles. The normalized spacial score (nSPS) is 19.2. The van der Waals surface area contributed by atoms with Gasteiger partial charge < -0.3 is 9.64 Å². The topological polar surface area (TPSA) is 102 Å². The minimum atomic E-state index is -0.284. The van der Waals surface area contributed by atoms with Crippen molar-refractivity contribution in [2.24, 2.45) is 0 Å². The molecule has 0 unspecified atom stereocenters. The number of nitrogens with zero attached hydrogens (tertiary/aromatic N) is 6. The van der Waals surface area contributed by atoms with E-state index < -0.39 is 0 Å². The SMILES string of the molecule is Cc1nc([C@H]2CN(C(=O)Cn3cncn3)CCO2)n[nH]1. The molecule has 1 saturated heterocycles. The molecule has 3 heterocycles. The number of nitrogens with one attached hydrogen (secondary N) is 1. The smallest absolute Gasteiger partial charge is 0.244 e. The molecule has 0 radical (unpaired) electrons. The highest BCUT2D eigenvalue weighted by atomic mass is 16.5. The number of ether oxygens (including phenoxy) is 1. The molecular weight excluding hydrogens is 262 g/mol. The van der Waals surface area contributed by atoms with Crippen molar-refractivity contribution in [2.75, 3.05) is 19.7 Å². The van der Waals surface area contributed by atoms with E-state index in [1.165, 1.54) is 17.3 Å². The van der Waals surface area contributed by atoms with Crippen LogP contribution in [0.25, 0.3) is 0 Å². The van der Waals surface area contributed by atoms with E-state index in [1.807, 2.05) is 6.92 Å². The first-order valence-corrected chi connectivity index (χ1v) is 6.33. The molecule has 9 nitrogen and oxygen atoms in total. The lowest BCUT2D eigenvalue weighted by Gasteiger charge is -2.31. The highest BCUT2D eigenvalue weighted by molar-refractivity contribution is 5.76. The highest BCUT2D eigenvalue weighted by Crippen LogP contribution is 2.19. The number of rotatable bonds is 3. The highest BCUT2D eigenvalue weighted by Gasteiger charge is 2.27. The summed E-state index contributed by atoms with van der Waals surface area (Å²) < 4.78 is 7.12. The van der Waals surface area contributed by atoms with Gasteiger partial charge >= 0.3 is 0 Å². The van der Waals surface area contributed by atoms with Crippen molar-refractivity contribution >= 4 is 5.91 Å². The predicted octanol–water partition coefficient (Wildman–Crippen LogP) is -0.695. The lowest BCUT2D eigenvalue weighted by atomic mass is 10.2. The van der Waals surface area contributed by atoms with Crippen molar-refractivity contribution < 1.29 is 9.53 Å². The minimum Gasteiger partial charge on any atom is -0.366 e. The number of hydrogen-bond donors (Lipinski definition) is 1. The molecule has 20 heavy (non-hydrogen) atoms. The van der Waals surface area contributed by atoms with E-state index >= 15 is 0 Å². The fraction of sp³-hybridized carbons (Fsp3) is 0.545. The summed E-state index contributed by atoms with van der Waals surface area (Å²) in [7, 11) is 0. The quantitative estimate of drug-likeness (QED) is 0.796. The van der Waals surface area contributed by atoms with E-state index in [9.17, 15) is 4.79 Å². The van der Waals surface area contributed by atoms with Gasteiger partial charge in [0.15, 0.2) is 5.82 Å². The molecule has 0 aromatic carbocycles. The Labute approximate surface area is 115 Å². The number of carbonyl (C=O) groups is 1. The van der Waals surface area contributed by atoms with Crippen LogP contribution in [0.1, 0.15) is 17.8 Å². The maximum absolute atomic E-state index is 12.2. The van der Waals surface area contributed by atoms with Crippen LogP contribution in [-0.2, 0) is 16.1 Å². The number of morpholine rings is 1. The van der Waals surface area contributed by atoms with Gasteiger partial charge in [-0.05, 0) is 6.92 Å². The Morgan fingerprint density at radius 3 is 3.20 bits per heavy atom. The molecule has 106 valence electrons. The van der Waals surface area contributed by atoms with Crippen LogP contribution in [0, 0.1) is 6.92 Å². The molecule has 1 aliphatic heterocycles. The lowest BCUT2D eigenvalue weighted by Crippen LogP contribution is -2.44. The van der Waals surface area contributed by atoms with E-state index in [1.54, 1.807) is 4.90 Å². The summed E-state index contributed by atoms with van der Waals surface area (Å²) in [6, 6.07) is 0. The van der Waals surface area contributed by atoms with Crippen molar-refractivity contribution in [3.8, 4) is 0 Å². The van der Waals surface area contributed by atoms with Gasteiger partial charge in [-0.1, -0.05) is 0 Å². The fourth-order valence-corrected chi connectivity index (χ4v) is 2.09. The second-order valence-corrected chi connectivity index (χ2v) is 4.57. The monoisotopic (exact) mass is 277 g/mol. The van der Waals surface area contributed by atoms with Gasteiger partial charge in [-0.15, -0.1) is 0 Å². The summed E-state index contributed by atoms with van der Waals surface area (Å²) in [4.78, 5) is 22.0. The Bertz CT molecular complexity index is 579. The van der Waals surface area contributed by atoms with Crippen molar-refractivity contribution in [3.63, 3.8) is 0 Å². The van der Waals surface area contributed by atoms with Gasteiger partial charge in [0, 0.05) is 6.54 Å². The zero-order chi connectivity index (χ0) is 13.9. The molecule has 1 N–H and O–H groups in total. The first-order valence-electron chi connectivity index (χ1n) is 6.33. The Kier molecular flexibility index (Phi) is 3.42. The molecule has 9 heteroatoms. The first-order chi connectivity index (χ1) is 9.72. The summed E-state index contributed by atoms with van der Waals surface area (Å²) in [5.41, 5.74) is 0. The zero-order valence-corrected chi connectivity index (χ0v) is 11.1. The standard InChI is InChI=1S/C11H15N7O2/c1-8-14-11(16-15-8)9-4-17(2-3-20-9)10(19)5-18-7-12-6-13-18/h6-7,9H,2-5H2,1H3,(H,14,15,16)/t9-/m1/s1. The fourth-order valence-electron chi connectivity index (χ4n) is 2.09. The third-order valence-corrected chi connectivity index (χ3v) is 3.09. The number of H-pyrrole nitrogens is 1. The first kappa shape index (κ1) is 12.7. The molecule has 2 aromatic rings. The Balaban J connectivity index is 1.64. The Hall–Kier alpha value is -2.29. The van der Waals surface area contributed by atoms with Gasteiger partial charge in [0.2, 0.25) is 5.91 Å². The maximum Gasteiger partial charge on any atom is 0.244 e. The van der Waals surface area contributed by atoms with Crippen LogP contribution in [0.5, 0.6) is 0 Å². The van der Waals surface area contributed by atoms with Crippen molar-refractivity contribution in [2.45, 2.75) is 19.6 Å². The van der Waals surface area contributed by atoms with Gasteiger partial charge in [-0.2, -0.15) is 10.2 Å². The summed E-state index contributed by atoms with van der Waals surface area (Å²) in [6.45, 7) is 3.49. The molecule has 1 fully saturated rings. The average Bonchev–Trinajstić information content (AvgIpc) is 3.10. The van der Waals surface area contributed by atoms with E-state index in [0.717, 1.165) is 5.82 Å². The van der Waals surface area contributed by atoms with Gasteiger partial charge in [0.05, 0.1) is 13.2 Å². The summed E-state index contributed by atoms with van der Waals surface area (Å²) in [6.07, 6.45) is 2.65. The van der Waals surface area contributed by atoms with Gasteiger partial charge in [0.25, 0.3) is 0 Å². The molecule has 3 rings (SSSR count). The number of aromatic amines is 1. The average molecular weight is 277 g/mol. The molecule has 2 aromatic heterocycles. The van der Waals surface area contributed by atoms with Gasteiger partial charge in [-0.3, -0.25) is 9.89 Å². The number of carbonyl (C=O) groups excluding carboxylic acids is 1. The third-order valence-electron chi connectivity index (χ3n) is 3.09. The maximum atomic E-state index is 12.2. The number of amides is 1. The summed E-state index contributed by atoms with van der Waals surface area (Å²) in [5.74, 6) is 1.30. The predicted molar refractivity (Wildman–Crippen MR) is 66.4 cm³/mol. The van der Waals surface area contributed by atoms with Crippen LogP contribution in [0.2, 0.25) is 0 Å². The largest absolute Gasteiger partial charge is 0.366 e. The van der Waals surface area contributed by atoms with E-state index in [4.69, 9.17) is 4.74 Å². The minimum absolute atomic E-state index is 0.0175. The molecule has 1 atom stereocenters. The van der Waals surface area contributed by atoms with E-state index in [-0.39, 0.29) is 18.6 Å². The summed E-state index contributed by atoms with van der Waals surface area (Å²) >= 11 is 0. The molecule has 0 bridgehead atoms. The molecular formula is C11H15N7O2. The molecule has 1 amide bonds. The van der Waals surface area contributed by atoms with Crippen molar-refractivity contribution in [1.82, 2.24) is 34.8 Å². The van der Waals surface area contributed by atoms with E-state index in [2.05, 4.69) is 25.3 Å². The Morgan fingerprint density at radius 1 is 1.60 bits per heavy atom. The van der Waals surface area contributed by atoms with Gasteiger partial charge in [0.1, 0.15) is 31.1 Å². The zero-order valence-electron chi connectivity index (χ0n) is 11.1. The molecule has 0 spiro atoms. The second-order valence-electron chi connectivity index (χ2n) is 4.57. The summed E-state index contributed by atoms with van der Waals surface area (Å²) in [5, 5.41) is 10.8. The van der Waals surface area contributed by atoms with Crippen molar-refractivity contribution in [1.29, 1.82) is 0 Å². The van der Waals surface area contributed by atoms with Crippen LogP contribution < -0.4 is 0 Å². The van der Waals surface area contributed by atoms with Crippen molar-refractivity contribution in [3.05, 3.63) is 24.3 Å². The number of aromatic nitrogens is 6. The molecule has 0 saturated carbocycles. The number of hydrogen-bond acceptors (Lipinski definition) is 6. The van der Waals surface area contributed by atoms with Crippen LogP contribution in [0.4, 0.5) is 0 Å². The second kappa shape index (κ2) is 5.37. The van der Waals surface area contributed by atoms with E-state index in [0.29, 0.717) is 25.5 Å². The lowest BCUT2D eigenvalue weighted by molar-refractivity contribution is -0.140. The van der Waals surface area contributed by atoms with Crippen LogP contribution in [0.3, 0.4) is 0 Å². The van der Waals surface area contributed by atoms with Crippen LogP contribution in [-0.4, -0.2) is 60.4 Å². The van der Waals surface area contributed by atoms with Crippen LogP contribution >= 0.6 is 0 Å². The third kappa shape index (κ3) is 2.67. The van der Waals surface area contributed by atoms with Crippen LogP contribution in [0.15, 0.2) is 12.7 Å². The Morgan fingerprint density at radius 2 is 2.50 bits per heavy atom. The molecule has 1 aliphatic rings. The number of aryl methyl sites for hydroxylation is 1. The van der Waals surface area contributed by atoms with Gasteiger partial charge in [-0.25, -0.2) is 14.6 Å².